The Morgan fingerprint density at radius 3 is 1.84 bits per heavy atom. The monoisotopic (exact) mass is 348 g/mol. The third-order valence-corrected chi connectivity index (χ3v) is 4.00. The molecule has 144 valence electrons. The van der Waals surface area contributed by atoms with Gasteiger partial charge >= 0.3 is 0 Å². The standard InChI is InChI=1S/C22H40N2O/c1-5-9-10-18-24(17-8-4)20-12-14-22-25-21-13-11-19-23(15-6-2)16-7-3/h6-8,12,14H,2-5,9-11,13,15-22H2,1H3/b14-12-. The van der Waals surface area contributed by atoms with Crippen molar-refractivity contribution in [1.29, 1.82) is 0 Å². The van der Waals surface area contributed by atoms with Crippen LogP contribution in [0.15, 0.2) is 50.1 Å². The lowest BCUT2D eigenvalue weighted by atomic mass is 10.2. The molecule has 0 saturated heterocycles. The van der Waals surface area contributed by atoms with Crippen LogP contribution in [0.1, 0.15) is 39.0 Å². The molecule has 0 bridgehead atoms. The molecule has 0 amide bonds. The Hall–Kier alpha value is -1.16. The maximum absolute atomic E-state index is 5.69. The molecule has 3 heteroatoms. The van der Waals surface area contributed by atoms with Gasteiger partial charge in [-0.3, -0.25) is 9.80 Å². The Balaban J connectivity index is 3.67. The highest BCUT2D eigenvalue weighted by atomic mass is 16.5. The zero-order chi connectivity index (χ0) is 18.6. The topological polar surface area (TPSA) is 15.7 Å². The number of nitrogens with zero attached hydrogens (tertiary/aromatic N) is 2. The van der Waals surface area contributed by atoms with Gasteiger partial charge in [0.1, 0.15) is 0 Å². The van der Waals surface area contributed by atoms with Crippen LogP contribution < -0.4 is 0 Å². The van der Waals surface area contributed by atoms with Gasteiger partial charge in [-0.05, 0) is 32.4 Å². The first-order valence-corrected chi connectivity index (χ1v) is 9.78. The maximum Gasteiger partial charge on any atom is 0.0647 e. The van der Waals surface area contributed by atoms with Gasteiger partial charge < -0.3 is 4.74 Å². The molecule has 0 heterocycles. The zero-order valence-corrected chi connectivity index (χ0v) is 16.5. The number of hydrogen-bond acceptors (Lipinski definition) is 3. The number of unbranched alkanes of at least 4 members (excludes halogenated alkanes) is 3. The van der Waals surface area contributed by atoms with E-state index < -0.39 is 0 Å². The summed E-state index contributed by atoms with van der Waals surface area (Å²) < 4.78 is 5.69. The molecule has 0 aromatic carbocycles. The van der Waals surface area contributed by atoms with Crippen molar-refractivity contribution < 1.29 is 4.74 Å². The maximum atomic E-state index is 5.69. The summed E-state index contributed by atoms with van der Waals surface area (Å²) in [5.41, 5.74) is 0. The third-order valence-electron chi connectivity index (χ3n) is 4.00. The SMILES string of the molecule is C=CCN(CC=C)CCCCOC/C=C\CN(CC=C)CCCCC. The molecule has 3 nitrogen and oxygen atoms in total. The summed E-state index contributed by atoms with van der Waals surface area (Å²) >= 11 is 0. The van der Waals surface area contributed by atoms with E-state index in [0.717, 1.165) is 58.7 Å². The van der Waals surface area contributed by atoms with Gasteiger partial charge in [0.05, 0.1) is 6.61 Å². The van der Waals surface area contributed by atoms with E-state index >= 15 is 0 Å². The number of rotatable bonds is 19. The molecule has 25 heavy (non-hydrogen) atoms. The number of ether oxygens (including phenoxy) is 1. The molecule has 0 radical (unpaired) electrons. The fourth-order valence-corrected chi connectivity index (χ4v) is 2.63. The Bertz CT molecular complexity index is 342. The summed E-state index contributed by atoms with van der Waals surface area (Å²) in [7, 11) is 0. The second kappa shape index (κ2) is 19.2. The van der Waals surface area contributed by atoms with Gasteiger partial charge in [0.15, 0.2) is 0 Å². The van der Waals surface area contributed by atoms with Gasteiger partial charge in [0.25, 0.3) is 0 Å². The van der Waals surface area contributed by atoms with Crippen molar-refractivity contribution in [2.45, 2.75) is 39.0 Å². The van der Waals surface area contributed by atoms with E-state index in [1.54, 1.807) is 0 Å². The lowest BCUT2D eigenvalue weighted by molar-refractivity contribution is 0.154. The van der Waals surface area contributed by atoms with Crippen molar-refractivity contribution in [2.24, 2.45) is 0 Å². The zero-order valence-electron chi connectivity index (χ0n) is 16.5. The molecule has 0 N–H and O–H groups in total. The highest BCUT2D eigenvalue weighted by Gasteiger charge is 2.00. The first-order chi connectivity index (χ1) is 12.3. The van der Waals surface area contributed by atoms with Crippen molar-refractivity contribution in [3.63, 3.8) is 0 Å². The molecule has 0 aliphatic heterocycles. The summed E-state index contributed by atoms with van der Waals surface area (Å²) in [6, 6.07) is 0. The smallest absolute Gasteiger partial charge is 0.0647 e. The van der Waals surface area contributed by atoms with Gasteiger partial charge in [-0.25, -0.2) is 0 Å². The predicted octanol–water partition coefficient (Wildman–Crippen LogP) is 4.69. The second-order valence-corrected chi connectivity index (χ2v) is 6.35. The molecular weight excluding hydrogens is 308 g/mol. The summed E-state index contributed by atoms with van der Waals surface area (Å²) in [5, 5.41) is 0. The van der Waals surface area contributed by atoms with Gasteiger partial charge in [-0.2, -0.15) is 0 Å². The summed E-state index contributed by atoms with van der Waals surface area (Å²) in [6.07, 6.45) is 16.3. The van der Waals surface area contributed by atoms with Crippen LogP contribution in [-0.2, 0) is 4.74 Å². The van der Waals surface area contributed by atoms with E-state index in [-0.39, 0.29) is 0 Å². The highest BCUT2D eigenvalue weighted by Crippen LogP contribution is 2.00. The molecule has 0 fully saturated rings. The Labute approximate surface area is 156 Å². The van der Waals surface area contributed by atoms with E-state index in [2.05, 4.69) is 48.6 Å². The average molecular weight is 349 g/mol. The Morgan fingerprint density at radius 2 is 1.28 bits per heavy atom. The van der Waals surface area contributed by atoms with E-state index in [0.29, 0.717) is 6.61 Å². The van der Waals surface area contributed by atoms with Gasteiger partial charge in [-0.1, -0.05) is 50.1 Å². The van der Waals surface area contributed by atoms with E-state index in [9.17, 15) is 0 Å². The van der Waals surface area contributed by atoms with Crippen LogP contribution in [0.3, 0.4) is 0 Å². The van der Waals surface area contributed by atoms with E-state index in [4.69, 9.17) is 4.74 Å². The van der Waals surface area contributed by atoms with Gasteiger partial charge in [0, 0.05) is 32.8 Å². The van der Waals surface area contributed by atoms with Gasteiger partial charge in [-0.15, -0.1) is 19.7 Å². The van der Waals surface area contributed by atoms with Crippen LogP contribution in [0.25, 0.3) is 0 Å². The lowest BCUT2D eigenvalue weighted by Crippen LogP contribution is -2.25. The largest absolute Gasteiger partial charge is 0.377 e. The highest BCUT2D eigenvalue weighted by molar-refractivity contribution is 4.87. The van der Waals surface area contributed by atoms with Crippen molar-refractivity contribution in [2.75, 3.05) is 52.5 Å². The van der Waals surface area contributed by atoms with E-state index in [1.165, 1.54) is 19.3 Å². The van der Waals surface area contributed by atoms with Crippen molar-refractivity contribution in [1.82, 2.24) is 9.80 Å². The average Bonchev–Trinajstić information content (AvgIpc) is 2.60. The van der Waals surface area contributed by atoms with Crippen LogP contribution in [0.4, 0.5) is 0 Å². The van der Waals surface area contributed by atoms with Crippen molar-refractivity contribution >= 4 is 0 Å². The molecule has 0 atom stereocenters. The van der Waals surface area contributed by atoms with Crippen molar-refractivity contribution in [3.8, 4) is 0 Å². The minimum atomic E-state index is 0.708. The normalized spacial score (nSPS) is 11.5. The summed E-state index contributed by atoms with van der Waals surface area (Å²) in [5.74, 6) is 0. The molecule has 0 spiro atoms. The van der Waals surface area contributed by atoms with Crippen LogP contribution in [0, 0.1) is 0 Å². The summed E-state index contributed by atoms with van der Waals surface area (Å²) in [6.45, 7) is 21.2. The fourth-order valence-electron chi connectivity index (χ4n) is 2.63. The van der Waals surface area contributed by atoms with Crippen LogP contribution >= 0.6 is 0 Å². The predicted molar refractivity (Wildman–Crippen MR) is 112 cm³/mol. The van der Waals surface area contributed by atoms with Crippen LogP contribution in [0.2, 0.25) is 0 Å². The lowest BCUT2D eigenvalue weighted by Gasteiger charge is -2.18. The van der Waals surface area contributed by atoms with Crippen molar-refractivity contribution in [3.05, 3.63) is 50.1 Å². The molecule has 0 aromatic rings. The van der Waals surface area contributed by atoms with Gasteiger partial charge in [0.2, 0.25) is 0 Å². The molecule has 0 rings (SSSR count). The first kappa shape index (κ1) is 23.8. The molecule has 0 saturated carbocycles. The van der Waals surface area contributed by atoms with Crippen LogP contribution in [0.5, 0.6) is 0 Å². The quantitative estimate of drug-likeness (QED) is 0.249. The first-order valence-electron chi connectivity index (χ1n) is 9.78. The second-order valence-electron chi connectivity index (χ2n) is 6.35. The molecule has 0 aromatic heterocycles. The molecule has 0 aliphatic rings. The molecule has 0 aliphatic carbocycles. The third kappa shape index (κ3) is 16.1. The fraction of sp³-hybridized carbons (Fsp3) is 0.636. The van der Waals surface area contributed by atoms with E-state index in [1.807, 2.05) is 18.2 Å². The Morgan fingerprint density at radius 1 is 0.720 bits per heavy atom. The Kier molecular flexibility index (Phi) is 18.3. The summed E-state index contributed by atoms with van der Waals surface area (Å²) in [4.78, 5) is 4.76. The van der Waals surface area contributed by atoms with Crippen LogP contribution in [-0.4, -0.2) is 62.3 Å². The minimum absolute atomic E-state index is 0.708. The molecule has 0 unspecified atom stereocenters. The molecular formula is C22H40N2O. The minimum Gasteiger partial charge on any atom is -0.377 e. The number of hydrogen-bond donors (Lipinski definition) is 0.